The van der Waals surface area contributed by atoms with Gasteiger partial charge in [0.2, 0.25) is 0 Å². The van der Waals surface area contributed by atoms with Crippen molar-refractivity contribution < 1.29 is 26.9 Å². The lowest BCUT2D eigenvalue weighted by molar-refractivity contribution is -0.117. The maximum absolute atomic E-state index is 12.9. The molecule has 1 aliphatic heterocycles. The van der Waals surface area contributed by atoms with Crippen LogP contribution in [0.2, 0.25) is 0 Å². The smallest absolute Gasteiger partial charge is 0.339 e. The number of carbonyl (C=O) groups excluding carboxylic acids is 2. The molecule has 0 fully saturated rings. The van der Waals surface area contributed by atoms with Crippen molar-refractivity contribution in [2.45, 2.75) is 49.3 Å². The molecule has 0 saturated carbocycles. The van der Waals surface area contributed by atoms with Crippen LogP contribution in [0.25, 0.3) is 0 Å². The van der Waals surface area contributed by atoms with Gasteiger partial charge in [-0.15, -0.1) is 0 Å². The van der Waals surface area contributed by atoms with Crippen LogP contribution in [-0.4, -0.2) is 20.0 Å². The van der Waals surface area contributed by atoms with Crippen molar-refractivity contribution in [1.82, 2.24) is 0 Å². The third kappa shape index (κ3) is 3.66. The fraction of sp³-hybridized carbons (Fsp3) is 0.280. The Morgan fingerprint density at radius 2 is 1.41 bits per heavy atom. The maximum Gasteiger partial charge on any atom is 0.339 e. The van der Waals surface area contributed by atoms with Gasteiger partial charge in [-0.05, 0) is 42.7 Å². The summed E-state index contributed by atoms with van der Waals surface area (Å²) in [7, 11) is -4.01. The molecule has 7 heteroatoms. The fourth-order valence-electron chi connectivity index (χ4n) is 4.66. The van der Waals surface area contributed by atoms with E-state index in [2.05, 4.69) is 0 Å². The Morgan fingerprint density at radius 1 is 0.781 bits per heavy atom. The van der Waals surface area contributed by atoms with Crippen LogP contribution in [0, 0.1) is 0 Å². The van der Waals surface area contributed by atoms with Gasteiger partial charge in [-0.25, -0.2) is 0 Å². The summed E-state index contributed by atoms with van der Waals surface area (Å²) in [5.41, 5.74) is 1.70. The summed E-state index contributed by atoms with van der Waals surface area (Å²) in [5.74, 6) is 0.811. The summed E-state index contributed by atoms with van der Waals surface area (Å²) < 4.78 is 36.8. The third-order valence-electron chi connectivity index (χ3n) is 6.07. The Balaban J connectivity index is 1.57. The SMILES string of the molecule is O=C1CCCC2=C1C(c1cccc(OS(=O)(=O)c3ccccc3)c1)C1=C(CCCC1=O)O2. The summed E-state index contributed by atoms with van der Waals surface area (Å²) in [5, 5.41) is 0. The van der Waals surface area contributed by atoms with Gasteiger partial charge in [0, 0.05) is 42.7 Å². The Morgan fingerprint density at radius 3 is 2.03 bits per heavy atom. The predicted molar refractivity (Wildman–Crippen MR) is 116 cm³/mol. The number of Topliss-reactive ketones (excluding diaryl/α,β-unsaturated/α-hetero) is 2. The number of rotatable bonds is 4. The first-order chi connectivity index (χ1) is 15.4. The fourth-order valence-corrected chi connectivity index (χ4v) is 5.60. The van der Waals surface area contributed by atoms with Gasteiger partial charge < -0.3 is 8.92 Å². The molecular formula is C25H22O6S. The number of hydrogen-bond donors (Lipinski definition) is 0. The third-order valence-corrected chi connectivity index (χ3v) is 7.33. The molecule has 0 radical (unpaired) electrons. The van der Waals surface area contributed by atoms with Gasteiger partial charge in [-0.3, -0.25) is 9.59 Å². The van der Waals surface area contributed by atoms with Crippen molar-refractivity contribution in [2.75, 3.05) is 0 Å². The largest absolute Gasteiger partial charge is 0.465 e. The summed E-state index contributed by atoms with van der Waals surface area (Å²) >= 11 is 0. The molecule has 2 aromatic rings. The number of ether oxygens (including phenoxy) is 1. The van der Waals surface area contributed by atoms with Crippen molar-refractivity contribution in [3.63, 3.8) is 0 Å². The average molecular weight is 451 g/mol. The first-order valence-electron chi connectivity index (χ1n) is 10.7. The topological polar surface area (TPSA) is 86.7 Å². The minimum Gasteiger partial charge on any atom is -0.465 e. The molecule has 0 atom stereocenters. The molecule has 6 nitrogen and oxygen atoms in total. The number of hydrogen-bond acceptors (Lipinski definition) is 6. The second-order valence-electron chi connectivity index (χ2n) is 8.19. The molecule has 0 bridgehead atoms. The maximum atomic E-state index is 12.9. The molecule has 0 saturated heterocycles. The molecule has 0 spiro atoms. The quantitative estimate of drug-likeness (QED) is 0.634. The second kappa shape index (κ2) is 8.06. The van der Waals surface area contributed by atoms with E-state index in [1.165, 1.54) is 12.1 Å². The zero-order chi connectivity index (χ0) is 22.3. The highest BCUT2D eigenvalue weighted by molar-refractivity contribution is 7.87. The highest BCUT2D eigenvalue weighted by Crippen LogP contribution is 2.48. The molecule has 5 rings (SSSR count). The van der Waals surface area contributed by atoms with E-state index in [-0.39, 0.29) is 22.2 Å². The van der Waals surface area contributed by atoms with E-state index in [1.807, 2.05) is 0 Å². The Bertz CT molecular complexity index is 1230. The van der Waals surface area contributed by atoms with E-state index in [9.17, 15) is 18.0 Å². The second-order valence-corrected chi connectivity index (χ2v) is 9.73. The van der Waals surface area contributed by atoms with E-state index in [1.54, 1.807) is 42.5 Å². The van der Waals surface area contributed by atoms with Crippen LogP contribution in [0.1, 0.15) is 50.0 Å². The number of allylic oxidation sites excluding steroid dienone is 4. The Hall–Kier alpha value is -3.19. The molecule has 0 aromatic heterocycles. The lowest BCUT2D eigenvalue weighted by atomic mass is 9.73. The van der Waals surface area contributed by atoms with Crippen molar-refractivity contribution in [2.24, 2.45) is 0 Å². The minimum absolute atomic E-state index is 0.0237. The van der Waals surface area contributed by atoms with Crippen molar-refractivity contribution in [3.05, 3.63) is 82.8 Å². The Kier molecular flexibility index (Phi) is 5.21. The minimum atomic E-state index is -4.01. The average Bonchev–Trinajstić information content (AvgIpc) is 2.79. The number of benzene rings is 2. The zero-order valence-electron chi connectivity index (χ0n) is 17.4. The van der Waals surface area contributed by atoms with Crippen LogP contribution >= 0.6 is 0 Å². The molecule has 1 heterocycles. The van der Waals surface area contributed by atoms with Crippen LogP contribution in [0.3, 0.4) is 0 Å². The van der Waals surface area contributed by atoms with Gasteiger partial charge in [-0.2, -0.15) is 8.42 Å². The monoisotopic (exact) mass is 450 g/mol. The van der Waals surface area contributed by atoms with Crippen LogP contribution in [-0.2, 0) is 24.4 Å². The van der Waals surface area contributed by atoms with Crippen LogP contribution in [0.4, 0.5) is 0 Å². The standard InChI is InChI=1S/C25H22O6S/c26-19-11-5-13-21-24(19)23(25-20(27)12-6-14-22(25)30-21)16-7-4-8-17(15-16)31-32(28,29)18-9-2-1-3-10-18/h1-4,7-10,15,23H,5-6,11-14H2. The van der Waals surface area contributed by atoms with E-state index in [0.29, 0.717) is 53.9 Å². The van der Waals surface area contributed by atoms with Gasteiger partial charge in [0.1, 0.15) is 22.2 Å². The van der Waals surface area contributed by atoms with Gasteiger partial charge in [-0.1, -0.05) is 30.3 Å². The van der Waals surface area contributed by atoms with Crippen molar-refractivity contribution in [1.29, 1.82) is 0 Å². The molecule has 3 aliphatic rings. The first kappa shape index (κ1) is 20.7. The van der Waals surface area contributed by atoms with Gasteiger partial charge in [0.15, 0.2) is 11.6 Å². The molecular weight excluding hydrogens is 428 g/mol. The predicted octanol–water partition coefficient (Wildman–Crippen LogP) is 4.58. The molecule has 2 aliphatic carbocycles. The van der Waals surface area contributed by atoms with E-state index < -0.39 is 16.0 Å². The number of carbonyl (C=O) groups is 2. The molecule has 0 amide bonds. The summed E-state index contributed by atoms with van der Waals surface area (Å²) in [4.78, 5) is 25.8. The van der Waals surface area contributed by atoms with E-state index >= 15 is 0 Å². The van der Waals surface area contributed by atoms with Gasteiger partial charge >= 0.3 is 10.1 Å². The zero-order valence-corrected chi connectivity index (χ0v) is 18.2. The summed E-state index contributed by atoms with van der Waals surface area (Å²) in [6.07, 6.45) is 3.57. The number of ketones is 2. The normalized spacial score (nSPS) is 19.4. The van der Waals surface area contributed by atoms with Crippen LogP contribution < -0.4 is 4.18 Å². The van der Waals surface area contributed by atoms with Gasteiger partial charge in [0.25, 0.3) is 0 Å². The van der Waals surface area contributed by atoms with E-state index in [0.717, 1.165) is 12.8 Å². The molecule has 0 unspecified atom stereocenters. The first-order valence-corrected chi connectivity index (χ1v) is 12.1. The van der Waals surface area contributed by atoms with Gasteiger partial charge in [0.05, 0.1) is 0 Å². The molecule has 164 valence electrons. The van der Waals surface area contributed by atoms with Crippen molar-refractivity contribution >= 4 is 21.7 Å². The molecule has 0 N–H and O–H groups in total. The van der Waals surface area contributed by atoms with Crippen LogP contribution in [0.5, 0.6) is 5.75 Å². The lowest BCUT2D eigenvalue weighted by Crippen LogP contribution is -2.30. The highest BCUT2D eigenvalue weighted by Gasteiger charge is 2.41. The molecule has 2 aromatic carbocycles. The van der Waals surface area contributed by atoms with Crippen molar-refractivity contribution in [3.8, 4) is 5.75 Å². The van der Waals surface area contributed by atoms with E-state index in [4.69, 9.17) is 8.92 Å². The summed E-state index contributed by atoms with van der Waals surface area (Å²) in [6.45, 7) is 0. The lowest BCUT2D eigenvalue weighted by Gasteiger charge is -2.36. The van der Waals surface area contributed by atoms with Crippen LogP contribution in [0.15, 0.2) is 82.2 Å². The highest BCUT2D eigenvalue weighted by atomic mass is 32.2. The summed E-state index contributed by atoms with van der Waals surface area (Å²) in [6, 6.07) is 14.6. The molecule has 32 heavy (non-hydrogen) atoms. The Labute approximate surface area is 186 Å².